The van der Waals surface area contributed by atoms with Crippen molar-refractivity contribution in [3.8, 4) is 0 Å². The van der Waals surface area contributed by atoms with Gasteiger partial charge in [-0.2, -0.15) is 4.52 Å². The molecule has 0 aliphatic carbocycles. The lowest BCUT2D eigenvalue weighted by Crippen LogP contribution is -2.35. The van der Waals surface area contributed by atoms with Gasteiger partial charge in [-0.25, -0.2) is 4.68 Å². The highest BCUT2D eigenvalue weighted by atomic mass is 16.5. The third-order valence-electron chi connectivity index (χ3n) is 5.13. The molecule has 0 saturated carbocycles. The Bertz CT molecular complexity index is 1080. The van der Waals surface area contributed by atoms with Crippen molar-refractivity contribution in [2.75, 3.05) is 25.1 Å². The topological polar surface area (TPSA) is 86.3 Å². The molecule has 0 amide bonds. The van der Waals surface area contributed by atoms with Crippen LogP contribution in [0.5, 0.6) is 0 Å². The molecule has 1 aliphatic rings. The van der Waals surface area contributed by atoms with Crippen LogP contribution in [0, 0.1) is 0 Å². The number of methoxy groups -OCH3 is 1. The largest absolute Gasteiger partial charge is 0.378 e. The highest BCUT2D eigenvalue weighted by molar-refractivity contribution is 6.00. The molecule has 4 aromatic rings. The minimum absolute atomic E-state index is 0.351. The van der Waals surface area contributed by atoms with Gasteiger partial charge in [-0.1, -0.05) is 29.5 Å². The standard InChI is InChI=1S/C18H20N8O/c1-27-11-13-10-25(23-20-13)14-6-8-24(9-7-14)18-16-5-3-2-4-15(16)17-21-19-12-26(17)22-18/h2-5,10,12,14H,6-9,11H2,1H3. The maximum absolute atomic E-state index is 5.13. The first-order valence-corrected chi connectivity index (χ1v) is 9.07. The first-order valence-electron chi connectivity index (χ1n) is 9.07. The molecule has 27 heavy (non-hydrogen) atoms. The molecule has 3 aromatic heterocycles. The van der Waals surface area contributed by atoms with Crippen molar-refractivity contribution in [3.05, 3.63) is 42.5 Å². The lowest BCUT2D eigenvalue weighted by molar-refractivity contribution is 0.181. The predicted octanol–water partition coefficient (Wildman–Crippen LogP) is 1.86. The lowest BCUT2D eigenvalue weighted by atomic mass is 10.0. The molecule has 0 bridgehead atoms. The number of benzene rings is 1. The summed E-state index contributed by atoms with van der Waals surface area (Å²) in [7, 11) is 1.67. The number of hydrogen-bond donors (Lipinski definition) is 0. The minimum atomic E-state index is 0.351. The Hall–Kier alpha value is -3.07. The monoisotopic (exact) mass is 364 g/mol. The first-order chi connectivity index (χ1) is 13.3. The third-order valence-corrected chi connectivity index (χ3v) is 5.13. The van der Waals surface area contributed by atoms with Gasteiger partial charge in [0.05, 0.1) is 18.8 Å². The number of aromatic nitrogens is 7. The van der Waals surface area contributed by atoms with Gasteiger partial charge in [-0.05, 0) is 12.8 Å². The Morgan fingerprint density at radius 3 is 2.74 bits per heavy atom. The summed E-state index contributed by atoms with van der Waals surface area (Å²) in [4.78, 5) is 2.34. The second kappa shape index (κ2) is 6.58. The zero-order valence-corrected chi connectivity index (χ0v) is 15.1. The van der Waals surface area contributed by atoms with Crippen LogP contribution in [0.1, 0.15) is 24.6 Å². The summed E-state index contributed by atoms with van der Waals surface area (Å²) in [6.07, 6.45) is 5.63. The van der Waals surface area contributed by atoms with Crippen molar-refractivity contribution in [3.63, 3.8) is 0 Å². The number of ether oxygens (including phenoxy) is 1. The van der Waals surface area contributed by atoms with Crippen molar-refractivity contribution in [2.24, 2.45) is 0 Å². The van der Waals surface area contributed by atoms with E-state index in [-0.39, 0.29) is 0 Å². The van der Waals surface area contributed by atoms with E-state index in [0.29, 0.717) is 12.6 Å². The van der Waals surface area contributed by atoms with Gasteiger partial charge >= 0.3 is 0 Å². The normalized spacial score (nSPS) is 15.8. The maximum atomic E-state index is 5.13. The second-order valence-corrected chi connectivity index (χ2v) is 6.81. The summed E-state index contributed by atoms with van der Waals surface area (Å²) >= 11 is 0. The summed E-state index contributed by atoms with van der Waals surface area (Å²) in [6.45, 7) is 2.32. The Labute approximate surface area is 155 Å². The first kappa shape index (κ1) is 16.1. The van der Waals surface area contributed by atoms with Crippen LogP contribution in [-0.2, 0) is 11.3 Å². The van der Waals surface area contributed by atoms with Gasteiger partial charge in [0.2, 0.25) is 0 Å². The van der Waals surface area contributed by atoms with Gasteiger partial charge in [0, 0.05) is 31.0 Å². The van der Waals surface area contributed by atoms with Crippen LogP contribution in [0.15, 0.2) is 36.8 Å². The quantitative estimate of drug-likeness (QED) is 0.546. The summed E-state index contributed by atoms with van der Waals surface area (Å²) in [5, 5.41) is 23.6. The number of anilines is 1. The fraction of sp³-hybridized carbons (Fsp3) is 0.389. The van der Waals surface area contributed by atoms with Crippen LogP contribution >= 0.6 is 0 Å². The van der Waals surface area contributed by atoms with Gasteiger partial charge in [-0.15, -0.1) is 20.4 Å². The SMILES string of the molecule is COCc1cn(C2CCN(c3nn4cnnc4c4ccccc34)CC2)nn1. The highest BCUT2D eigenvalue weighted by Gasteiger charge is 2.24. The molecule has 4 heterocycles. The van der Waals surface area contributed by atoms with Gasteiger partial charge in [0.25, 0.3) is 0 Å². The minimum Gasteiger partial charge on any atom is -0.378 e. The van der Waals surface area contributed by atoms with E-state index in [1.165, 1.54) is 0 Å². The molecule has 0 N–H and O–H groups in total. The van der Waals surface area contributed by atoms with Crippen LogP contribution < -0.4 is 4.90 Å². The molecule has 138 valence electrons. The van der Waals surface area contributed by atoms with Crippen LogP contribution in [0.2, 0.25) is 0 Å². The summed E-state index contributed by atoms with van der Waals surface area (Å²) in [5.74, 6) is 0.981. The molecule has 1 aliphatic heterocycles. The van der Waals surface area contributed by atoms with Gasteiger partial charge in [0.1, 0.15) is 12.0 Å². The van der Waals surface area contributed by atoms with Crippen molar-refractivity contribution in [1.82, 2.24) is 34.8 Å². The predicted molar refractivity (Wildman–Crippen MR) is 99.5 cm³/mol. The van der Waals surface area contributed by atoms with Crippen LogP contribution in [0.25, 0.3) is 16.4 Å². The van der Waals surface area contributed by atoms with Crippen molar-refractivity contribution >= 4 is 22.2 Å². The number of piperidine rings is 1. The summed E-state index contributed by atoms with van der Waals surface area (Å²) in [5.41, 5.74) is 1.66. The molecule has 0 unspecified atom stereocenters. The molecule has 0 radical (unpaired) electrons. The molecule has 0 spiro atoms. The van der Waals surface area contributed by atoms with Crippen molar-refractivity contribution in [2.45, 2.75) is 25.5 Å². The van der Waals surface area contributed by atoms with E-state index in [2.05, 4.69) is 37.5 Å². The molecule has 1 fully saturated rings. The zero-order chi connectivity index (χ0) is 18.2. The molecular weight excluding hydrogens is 344 g/mol. The highest BCUT2D eigenvalue weighted by Crippen LogP contribution is 2.31. The Kier molecular flexibility index (Phi) is 3.93. The van der Waals surface area contributed by atoms with E-state index in [1.54, 1.807) is 18.0 Å². The molecular formula is C18H20N8O. The fourth-order valence-corrected chi connectivity index (χ4v) is 3.79. The summed E-state index contributed by atoms with van der Waals surface area (Å²) in [6, 6.07) is 8.59. The molecule has 1 saturated heterocycles. The number of hydrogen-bond acceptors (Lipinski definition) is 7. The van der Waals surface area contributed by atoms with Crippen LogP contribution in [0.4, 0.5) is 5.82 Å². The van der Waals surface area contributed by atoms with Crippen LogP contribution in [-0.4, -0.2) is 55.0 Å². The Morgan fingerprint density at radius 2 is 1.93 bits per heavy atom. The smallest absolute Gasteiger partial charge is 0.185 e. The van der Waals surface area contributed by atoms with E-state index in [0.717, 1.165) is 53.9 Å². The summed E-state index contributed by atoms with van der Waals surface area (Å²) < 4.78 is 8.86. The van der Waals surface area contributed by atoms with Crippen LogP contribution in [0.3, 0.4) is 0 Å². The third kappa shape index (κ3) is 2.80. The number of nitrogens with zero attached hydrogens (tertiary/aromatic N) is 8. The van der Waals surface area contributed by atoms with Gasteiger partial charge in [-0.3, -0.25) is 0 Å². The zero-order valence-electron chi connectivity index (χ0n) is 15.1. The molecule has 9 heteroatoms. The second-order valence-electron chi connectivity index (χ2n) is 6.81. The Balaban J connectivity index is 1.41. The molecule has 9 nitrogen and oxygen atoms in total. The van der Waals surface area contributed by atoms with Gasteiger partial charge < -0.3 is 9.64 Å². The maximum Gasteiger partial charge on any atom is 0.185 e. The number of fused-ring (bicyclic) bond motifs is 3. The van der Waals surface area contributed by atoms with Gasteiger partial charge in [0.15, 0.2) is 11.5 Å². The Morgan fingerprint density at radius 1 is 1.11 bits per heavy atom. The van der Waals surface area contributed by atoms with E-state index >= 15 is 0 Å². The number of rotatable bonds is 4. The van der Waals surface area contributed by atoms with E-state index in [1.807, 2.05) is 23.0 Å². The molecule has 5 rings (SSSR count). The van der Waals surface area contributed by atoms with E-state index in [9.17, 15) is 0 Å². The van der Waals surface area contributed by atoms with E-state index in [4.69, 9.17) is 9.84 Å². The average Bonchev–Trinajstić information content (AvgIpc) is 3.37. The fourth-order valence-electron chi connectivity index (χ4n) is 3.79. The van der Waals surface area contributed by atoms with E-state index < -0.39 is 0 Å². The molecule has 1 aromatic carbocycles. The molecule has 0 atom stereocenters. The lowest BCUT2D eigenvalue weighted by Gasteiger charge is -2.33. The van der Waals surface area contributed by atoms with Crippen molar-refractivity contribution < 1.29 is 4.74 Å². The average molecular weight is 364 g/mol. The van der Waals surface area contributed by atoms with Crippen molar-refractivity contribution in [1.29, 1.82) is 0 Å².